The Labute approximate surface area is 152 Å². The van der Waals surface area contributed by atoms with Crippen LogP contribution in [0.3, 0.4) is 0 Å². The van der Waals surface area contributed by atoms with E-state index >= 15 is 0 Å². The molecule has 0 radical (unpaired) electrons. The normalized spacial score (nSPS) is 17.1. The molecule has 1 unspecified atom stereocenters. The third-order valence-electron chi connectivity index (χ3n) is 4.14. The van der Waals surface area contributed by atoms with Crippen LogP contribution in [0.25, 0.3) is 0 Å². The third-order valence-corrected chi connectivity index (χ3v) is 4.14. The molecule has 0 spiro atoms. The summed E-state index contributed by atoms with van der Waals surface area (Å²) in [5, 5.41) is 9.12. The van der Waals surface area contributed by atoms with Crippen LogP contribution < -0.4 is 4.74 Å². The van der Waals surface area contributed by atoms with Gasteiger partial charge in [0.2, 0.25) is 11.8 Å². The summed E-state index contributed by atoms with van der Waals surface area (Å²) in [4.78, 5) is 43.0. The maximum absolute atomic E-state index is 12.5. The predicted octanol–water partition coefficient (Wildman–Crippen LogP) is 1.26. The first-order chi connectivity index (χ1) is 12.3. The highest BCUT2D eigenvalue weighted by Gasteiger charge is 2.29. The number of pyridine rings is 1. The van der Waals surface area contributed by atoms with Crippen LogP contribution in [0.2, 0.25) is 0 Å². The van der Waals surface area contributed by atoms with Crippen LogP contribution in [-0.4, -0.2) is 70.5 Å². The average molecular weight is 363 g/mol. The molecule has 1 fully saturated rings. The molecule has 1 aromatic heterocycles. The van der Waals surface area contributed by atoms with Crippen molar-refractivity contribution in [3.05, 3.63) is 23.9 Å². The largest absolute Gasteiger partial charge is 0.481 e. The summed E-state index contributed by atoms with van der Waals surface area (Å²) in [7, 11) is 1.52. The Bertz CT molecular complexity index is 677. The van der Waals surface area contributed by atoms with Gasteiger partial charge in [0.25, 0.3) is 5.91 Å². The lowest BCUT2D eigenvalue weighted by molar-refractivity contribution is -0.145. The summed E-state index contributed by atoms with van der Waals surface area (Å²) in [6.45, 7) is 4.31. The highest BCUT2D eigenvalue weighted by atomic mass is 16.5. The number of carboxylic acid groups (broad SMARTS) is 1. The molecule has 0 aliphatic carbocycles. The molecule has 0 bridgehead atoms. The number of hydrogen-bond donors (Lipinski definition) is 1. The Hall–Kier alpha value is -2.64. The number of piperidine rings is 1. The molecule has 26 heavy (non-hydrogen) atoms. The highest BCUT2D eigenvalue weighted by molar-refractivity contribution is 5.94. The van der Waals surface area contributed by atoms with Crippen molar-refractivity contribution in [3.63, 3.8) is 0 Å². The van der Waals surface area contributed by atoms with Gasteiger partial charge in [0.1, 0.15) is 5.69 Å². The number of aliphatic carboxylic acids is 1. The van der Waals surface area contributed by atoms with Crippen LogP contribution in [-0.2, 0) is 9.59 Å². The van der Waals surface area contributed by atoms with E-state index in [0.29, 0.717) is 25.3 Å². The van der Waals surface area contributed by atoms with Crippen molar-refractivity contribution in [1.82, 2.24) is 14.8 Å². The Morgan fingerprint density at radius 1 is 1.38 bits per heavy atom. The fourth-order valence-electron chi connectivity index (χ4n) is 2.82. The van der Waals surface area contributed by atoms with Gasteiger partial charge in [0.15, 0.2) is 0 Å². The predicted molar refractivity (Wildman–Crippen MR) is 93.9 cm³/mol. The van der Waals surface area contributed by atoms with Gasteiger partial charge in [-0.1, -0.05) is 6.07 Å². The van der Waals surface area contributed by atoms with Gasteiger partial charge in [-0.25, -0.2) is 4.98 Å². The molecule has 8 nitrogen and oxygen atoms in total. The number of carbonyl (C=O) groups excluding carboxylic acids is 2. The number of likely N-dealkylation sites (N-methyl/N-ethyl adjacent to an activating group) is 1. The van der Waals surface area contributed by atoms with E-state index in [0.717, 1.165) is 0 Å². The minimum Gasteiger partial charge on any atom is -0.481 e. The number of likely N-dealkylation sites (tertiary alicyclic amines) is 1. The van der Waals surface area contributed by atoms with Crippen LogP contribution in [0, 0.1) is 5.92 Å². The molecule has 2 heterocycles. The van der Waals surface area contributed by atoms with Crippen LogP contribution >= 0.6 is 0 Å². The molecule has 2 rings (SSSR count). The lowest BCUT2D eigenvalue weighted by Crippen LogP contribution is -2.47. The number of rotatable bonds is 6. The lowest BCUT2D eigenvalue weighted by Gasteiger charge is -2.32. The summed E-state index contributed by atoms with van der Waals surface area (Å²) >= 11 is 0. The first-order valence-electron chi connectivity index (χ1n) is 8.67. The Kier molecular flexibility index (Phi) is 6.54. The standard InChI is InChI=1S/C18H25N3O5/c1-12(2)26-15-8-4-7-14(19-15)17(23)20(3)11-16(22)21-9-5-6-13(10-21)18(24)25/h4,7-8,12-13H,5-6,9-11H2,1-3H3,(H,24,25). The summed E-state index contributed by atoms with van der Waals surface area (Å²) in [6.07, 6.45) is 1.16. The van der Waals surface area contributed by atoms with E-state index in [1.807, 2.05) is 13.8 Å². The van der Waals surface area contributed by atoms with E-state index in [9.17, 15) is 14.4 Å². The molecule has 2 amide bonds. The van der Waals surface area contributed by atoms with Gasteiger partial charge in [-0.15, -0.1) is 0 Å². The molecule has 1 aliphatic heterocycles. The van der Waals surface area contributed by atoms with Crippen LogP contribution in [0.1, 0.15) is 37.2 Å². The van der Waals surface area contributed by atoms with Gasteiger partial charge >= 0.3 is 5.97 Å². The first-order valence-corrected chi connectivity index (χ1v) is 8.67. The van der Waals surface area contributed by atoms with Gasteiger partial charge < -0.3 is 19.6 Å². The van der Waals surface area contributed by atoms with Crippen molar-refractivity contribution >= 4 is 17.8 Å². The molecular formula is C18H25N3O5. The van der Waals surface area contributed by atoms with Crippen molar-refractivity contribution in [2.75, 3.05) is 26.7 Å². The highest BCUT2D eigenvalue weighted by Crippen LogP contribution is 2.17. The minimum atomic E-state index is -0.891. The number of carbonyl (C=O) groups is 3. The van der Waals surface area contributed by atoms with E-state index in [2.05, 4.69) is 4.98 Å². The molecule has 1 aliphatic rings. The zero-order chi connectivity index (χ0) is 19.3. The molecular weight excluding hydrogens is 338 g/mol. The van der Waals surface area contributed by atoms with Crippen LogP contribution in [0.4, 0.5) is 0 Å². The second-order valence-corrected chi connectivity index (χ2v) is 6.71. The van der Waals surface area contributed by atoms with E-state index < -0.39 is 11.9 Å². The van der Waals surface area contributed by atoms with E-state index in [4.69, 9.17) is 9.84 Å². The van der Waals surface area contributed by atoms with Crippen LogP contribution in [0.5, 0.6) is 5.88 Å². The van der Waals surface area contributed by atoms with E-state index in [1.54, 1.807) is 18.2 Å². The van der Waals surface area contributed by atoms with Crippen molar-refractivity contribution in [3.8, 4) is 5.88 Å². The molecule has 0 saturated carbocycles. The number of amides is 2. The van der Waals surface area contributed by atoms with Gasteiger partial charge in [-0.05, 0) is 32.8 Å². The van der Waals surface area contributed by atoms with E-state index in [-0.39, 0.29) is 36.7 Å². The summed E-state index contributed by atoms with van der Waals surface area (Å²) < 4.78 is 5.48. The second-order valence-electron chi connectivity index (χ2n) is 6.71. The topological polar surface area (TPSA) is 100 Å². The molecule has 142 valence electrons. The number of ether oxygens (including phenoxy) is 1. The Balaban J connectivity index is 1.98. The number of carboxylic acids is 1. The zero-order valence-corrected chi connectivity index (χ0v) is 15.3. The second kappa shape index (κ2) is 8.64. The smallest absolute Gasteiger partial charge is 0.308 e. The van der Waals surface area contributed by atoms with E-state index in [1.165, 1.54) is 16.8 Å². The maximum atomic E-state index is 12.5. The van der Waals surface area contributed by atoms with Crippen molar-refractivity contribution in [2.24, 2.45) is 5.92 Å². The Morgan fingerprint density at radius 2 is 2.12 bits per heavy atom. The fourth-order valence-corrected chi connectivity index (χ4v) is 2.82. The minimum absolute atomic E-state index is 0.0616. The number of hydrogen-bond acceptors (Lipinski definition) is 5. The summed E-state index contributed by atoms with van der Waals surface area (Å²) in [6, 6.07) is 4.91. The Morgan fingerprint density at radius 3 is 2.77 bits per heavy atom. The lowest BCUT2D eigenvalue weighted by atomic mass is 9.98. The van der Waals surface area contributed by atoms with Crippen molar-refractivity contribution < 1.29 is 24.2 Å². The van der Waals surface area contributed by atoms with Crippen molar-refractivity contribution in [1.29, 1.82) is 0 Å². The molecule has 0 aromatic carbocycles. The third kappa shape index (κ3) is 5.18. The fraction of sp³-hybridized carbons (Fsp3) is 0.556. The van der Waals surface area contributed by atoms with Gasteiger partial charge in [-0.3, -0.25) is 14.4 Å². The zero-order valence-electron chi connectivity index (χ0n) is 15.3. The molecule has 8 heteroatoms. The average Bonchev–Trinajstić information content (AvgIpc) is 2.60. The van der Waals surface area contributed by atoms with Gasteiger partial charge in [-0.2, -0.15) is 0 Å². The number of nitrogens with zero attached hydrogens (tertiary/aromatic N) is 3. The molecule has 1 atom stereocenters. The quantitative estimate of drug-likeness (QED) is 0.817. The SMILES string of the molecule is CC(C)Oc1cccc(C(=O)N(C)CC(=O)N2CCCC(C(=O)O)C2)n1. The van der Waals surface area contributed by atoms with Crippen LogP contribution in [0.15, 0.2) is 18.2 Å². The monoisotopic (exact) mass is 363 g/mol. The summed E-state index contributed by atoms with van der Waals surface area (Å²) in [5.74, 6) is -1.73. The summed E-state index contributed by atoms with van der Waals surface area (Å²) in [5.41, 5.74) is 0.195. The van der Waals surface area contributed by atoms with Crippen molar-refractivity contribution in [2.45, 2.75) is 32.8 Å². The maximum Gasteiger partial charge on any atom is 0.308 e. The van der Waals surface area contributed by atoms with Gasteiger partial charge in [0.05, 0.1) is 18.6 Å². The molecule has 1 saturated heterocycles. The first kappa shape index (κ1) is 19.7. The molecule has 1 aromatic rings. The number of aromatic nitrogens is 1. The molecule has 1 N–H and O–H groups in total. The van der Waals surface area contributed by atoms with Gasteiger partial charge in [0, 0.05) is 26.2 Å².